The van der Waals surface area contributed by atoms with E-state index in [2.05, 4.69) is 56.6 Å². The van der Waals surface area contributed by atoms with Crippen LogP contribution in [0.5, 0.6) is 0 Å². The molecule has 0 fully saturated rings. The van der Waals surface area contributed by atoms with Crippen molar-refractivity contribution in [2.24, 2.45) is 5.92 Å². The van der Waals surface area contributed by atoms with Crippen LogP contribution in [-0.2, 0) is 4.79 Å². The van der Waals surface area contributed by atoms with Gasteiger partial charge in [0, 0.05) is 24.7 Å². The van der Waals surface area contributed by atoms with Gasteiger partial charge in [-0.25, -0.2) is 4.39 Å². The summed E-state index contributed by atoms with van der Waals surface area (Å²) in [6.07, 6.45) is 10.5. The molecule has 0 saturated heterocycles. The molecular weight excluding hydrogens is 491 g/mol. The predicted octanol–water partition coefficient (Wildman–Crippen LogP) is 4.64. The van der Waals surface area contributed by atoms with Crippen LogP contribution in [0.4, 0.5) is 10.1 Å². The van der Waals surface area contributed by atoms with E-state index in [1.165, 1.54) is 18.2 Å². The molecule has 200 valence electrons. The molecule has 0 radical (unpaired) electrons. The standard InChI is InChI=1S/C28H38ClFN6O/c1-4-6-20(11-12-31-3)16-34-28(37)18-32-23-8-5-7-21(13-23)17-33-26-15-27(36-35-19(26)2)24-14-22(30)9-10-25(24)29/h5,7,9-10,13-15,20,23,31-32H,4,6,8,11-12,16-18H2,1-3H3,(H,33,36)(H,34,37). The Morgan fingerprint density at radius 1 is 1.24 bits per heavy atom. The van der Waals surface area contributed by atoms with E-state index in [4.69, 9.17) is 11.6 Å². The molecule has 0 saturated carbocycles. The minimum absolute atomic E-state index is 0.0233. The maximum atomic E-state index is 13.7. The molecule has 9 heteroatoms. The first-order valence-electron chi connectivity index (χ1n) is 12.9. The highest BCUT2D eigenvalue weighted by molar-refractivity contribution is 6.33. The molecule has 0 spiro atoms. The van der Waals surface area contributed by atoms with Crippen LogP contribution >= 0.6 is 11.6 Å². The second kappa shape index (κ2) is 14.8. The van der Waals surface area contributed by atoms with Crippen molar-refractivity contribution < 1.29 is 9.18 Å². The molecule has 1 aromatic carbocycles. The van der Waals surface area contributed by atoms with Gasteiger partial charge in [0.05, 0.1) is 28.6 Å². The Labute approximate surface area is 224 Å². The van der Waals surface area contributed by atoms with Crippen LogP contribution in [0.25, 0.3) is 11.3 Å². The second-order valence-electron chi connectivity index (χ2n) is 9.42. The third-order valence-electron chi connectivity index (χ3n) is 6.42. The lowest BCUT2D eigenvalue weighted by Gasteiger charge is -2.20. The van der Waals surface area contributed by atoms with Crippen LogP contribution in [-0.4, -0.2) is 55.4 Å². The highest BCUT2D eigenvalue weighted by atomic mass is 35.5. The second-order valence-corrected chi connectivity index (χ2v) is 9.83. The largest absolute Gasteiger partial charge is 0.379 e. The van der Waals surface area contributed by atoms with Crippen molar-refractivity contribution in [3.8, 4) is 11.3 Å². The van der Waals surface area contributed by atoms with Gasteiger partial charge in [0.2, 0.25) is 5.91 Å². The van der Waals surface area contributed by atoms with E-state index < -0.39 is 0 Å². The smallest absolute Gasteiger partial charge is 0.233 e. The lowest BCUT2D eigenvalue weighted by Crippen LogP contribution is -2.40. The first-order valence-corrected chi connectivity index (χ1v) is 13.3. The van der Waals surface area contributed by atoms with Crippen molar-refractivity contribution in [3.63, 3.8) is 0 Å². The van der Waals surface area contributed by atoms with E-state index in [1.807, 2.05) is 20.0 Å². The van der Waals surface area contributed by atoms with Crippen LogP contribution in [0, 0.1) is 18.7 Å². The number of nitrogens with one attached hydrogen (secondary N) is 4. The number of nitrogens with zero attached hydrogens (tertiary/aromatic N) is 2. The minimum Gasteiger partial charge on any atom is -0.379 e. The number of aromatic nitrogens is 2. The van der Waals surface area contributed by atoms with Gasteiger partial charge in [-0.15, -0.1) is 0 Å². The summed E-state index contributed by atoms with van der Waals surface area (Å²) in [6, 6.07) is 6.10. The molecule has 37 heavy (non-hydrogen) atoms. The molecule has 0 bridgehead atoms. The Hall–Kier alpha value is -2.81. The molecular formula is C28H38ClFN6O. The molecule has 1 amide bonds. The van der Waals surface area contributed by atoms with E-state index in [0.29, 0.717) is 35.3 Å². The Morgan fingerprint density at radius 3 is 2.86 bits per heavy atom. The SMILES string of the molecule is CCCC(CCNC)CNC(=O)CNC1C=C(CNc2cc(-c3cc(F)ccc3Cl)nnc2C)C=CC1. The fraction of sp³-hybridized carbons (Fsp3) is 0.464. The summed E-state index contributed by atoms with van der Waals surface area (Å²) in [5, 5.41) is 21.8. The summed E-state index contributed by atoms with van der Waals surface area (Å²) in [4.78, 5) is 12.4. The maximum absolute atomic E-state index is 13.7. The number of benzene rings is 1. The quantitative estimate of drug-likeness (QED) is 0.285. The summed E-state index contributed by atoms with van der Waals surface area (Å²) in [5.74, 6) is 0.144. The summed E-state index contributed by atoms with van der Waals surface area (Å²) >= 11 is 6.25. The number of hydrogen-bond acceptors (Lipinski definition) is 6. The van der Waals surface area contributed by atoms with Crippen molar-refractivity contribution >= 4 is 23.2 Å². The number of anilines is 1. The lowest BCUT2D eigenvalue weighted by atomic mass is 10.00. The van der Waals surface area contributed by atoms with Gasteiger partial charge in [-0.05, 0) is 75.5 Å². The summed E-state index contributed by atoms with van der Waals surface area (Å²) in [7, 11) is 1.96. The van der Waals surface area contributed by atoms with Crippen molar-refractivity contribution in [1.29, 1.82) is 0 Å². The summed E-state index contributed by atoms with van der Waals surface area (Å²) in [6.45, 7) is 6.58. The Kier molecular flexibility index (Phi) is 11.5. The fourth-order valence-electron chi connectivity index (χ4n) is 4.31. The first kappa shape index (κ1) is 28.8. The van der Waals surface area contributed by atoms with Gasteiger partial charge in [0.15, 0.2) is 0 Å². The average molecular weight is 529 g/mol. The number of aryl methyl sites for hydroxylation is 1. The Balaban J connectivity index is 1.52. The van der Waals surface area contributed by atoms with E-state index in [-0.39, 0.29) is 24.3 Å². The molecule has 3 rings (SSSR count). The number of carbonyl (C=O) groups is 1. The van der Waals surface area contributed by atoms with Crippen molar-refractivity contribution in [1.82, 2.24) is 26.1 Å². The highest BCUT2D eigenvalue weighted by Crippen LogP contribution is 2.29. The molecule has 4 N–H and O–H groups in total. The van der Waals surface area contributed by atoms with Crippen LogP contribution < -0.4 is 21.3 Å². The van der Waals surface area contributed by atoms with Gasteiger partial charge in [-0.1, -0.05) is 43.2 Å². The predicted molar refractivity (Wildman–Crippen MR) is 149 cm³/mol. The Morgan fingerprint density at radius 2 is 2.08 bits per heavy atom. The number of halogens is 2. The van der Waals surface area contributed by atoms with Crippen molar-refractivity contribution in [3.05, 3.63) is 64.6 Å². The summed E-state index contributed by atoms with van der Waals surface area (Å²) < 4.78 is 13.7. The molecule has 1 heterocycles. The van der Waals surface area contributed by atoms with Gasteiger partial charge < -0.3 is 21.3 Å². The average Bonchev–Trinajstić information content (AvgIpc) is 2.90. The van der Waals surface area contributed by atoms with Gasteiger partial charge >= 0.3 is 0 Å². The Bertz CT molecular complexity index is 1110. The molecule has 1 aromatic heterocycles. The monoisotopic (exact) mass is 528 g/mol. The number of rotatable bonds is 14. The topological polar surface area (TPSA) is 91.0 Å². The van der Waals surface area contributed by atoms with E-state index in [1.54, 1.807) is 0 Å². The molecule has 1 aliphatic carbocycles. The van der Waals surface area contributed by atoms with Gasteiger partial charge in [-0.2, -0.15) is 10.2 Å². The third kappa shape index (κ3) is 9.22. The van der Waals surface area contributed by atoms with Crippen molar-refractivity contribution in [2.45, 2.75) is 45.6 Å². The molecule has 0 aliphatic heterocycles. The van der Waals surface area contributed by atoms with Gasteiger partial charge in [0.1, 0.15) is 5.82 Å². The zero-order valence-electron chi connectivity index (χ0n) is 21.9. The maximum Gasteiger partial charge on any atom is 0.233 e. The number of hydrogen-bond donors (Lipinski definition) is 4. The van der Waals surface area contributed by atoms with Crippen LogP contribution in [0.15, 0.2) is 48.1 Å². The van der Waals surface area contributed by atoms with Crippen molar-refractivity contribution in [2.75, 3.05) is 38.5 Å². The molecule has 7 nitrogen and oxygen atoms in total. The highest BCUT2D eigenvalue weighted by Gasteiger charge is 2.14. The third-order valence-corrected chi connectivity index (χ3v) is 6.74. The number of carbonyl (C=O) groups excluding carboxylic acids is 1. The van der Waals surface area contributed by atoms with Crippen LogP contribution in [0.1, 0.15) is 38.3 Å². The molecule has 2 aromatic rings. The van der Waals surface area contributed by atoms with Crippen LogP contribution in [0.2, 0.25) is 5.02 Å². The van der Waals surface area contributed by atoms with E-state index in [9.17, 15) is 9.18 Å². The molecule has 2 atom stereocenters. The summed E-state index contributed by atoms with van der Waals surface area (Å²) in [5.41, 5.74) is 3.64. The zero-order valence-corrected chi connectivity index (χ0v) is 22.7. The molecule has 1 aliphatic rings. The van der Waals surface area contributed by atoms with Gasteiger partial charge in [-0.3, -0.25) is 4.79 Å². The molecule has 2 unspecified atom stereocenters. The fourth-order valence-corrected chi connectivity index (χ4v) is 4.53. The van der Waals surface area contributed by atoms with E-state index in [0.717, 1.165) is 49.2 Å². The lowest BCUT2D eigenvalue weighted by molar-refractivity contribution is -0.120. The van der Waals surface area contributed by atoms with Gasteiger partial charge in [0.25, 0.3) is 0 Å². The minimum atomic E-state index is -0.379. The first-order chi connectivity index (χ1) is 17.9. The van der Waals surface area contributed by atoms with E-state index >= 15 is 0 Å². The number of amides is 1. The van der Waals surface area contributed by atoms with Crippen LogP contribution in [0.3, 0.4) is 0 Å². The zero-order chi connectivity index (χ0) is 26.6. The normalized spacial score (nSPS) is 15.8.